The zero-order chi connectivity index (χ0) is 13.9. The zero-order valence-corrected chi connectivity index (χ0v) is 14.7. The molecule has 0 spiro atoms. The largest absolute Gasteiger partial charge is 0.298 e. The summed E-state index contributed by atoms with van der Waals surface area (Å²) in [4.78, 5) is 13.7. The standard InChI is InChI=1S/C10H13Br2NO3S2/c1-13(3-4-18(2,15)16)6-8(14)7-5-9(11)17-10(7)12/h5H,3-4,6H2,1-2H3. The van der Waals surface area contributed by atoms with Crippen LogP contribution in [0.2, 0.25) is 0 Å². The Kier molecular flexibility index (Phi) is 5.98. The molecule has 0 atom stereocenters. The predicted octanol–water partition coefficient (Wildman–Crippen LogP) is 2.43. The van der Waals surface area contributed by atoms with E-state index in [0.717, 1.165) is 7.57 Å². The van der Waals surface area contributed by atoms with Crippen LogP contribution in [0.1, 0.15) is 10.4 Å². The van der Waals surface area contributed by atoms with Gasteiger partial charge in [-0.25, -0.2) is 8.42 Å². The van der Waals surface area contributed by atoms with Crippen molar-refractivity contribution in [3.63, 3.8) is 0 Å². The molecular formula is C10H13Br2NO3S2. The molecule has 1 heterocycles. The first-order valence-electron chi connectivity index (χ1n) is 5.03. The fourth-order valence-electron chi connectivity index (χ4n) is 1.26. The van der Waals surface area contributed by atoms with E-state index in [1.54, 1.807) is 18.0 Å². The van der Waals surface area contributed by atoms with E-state index in [4.69, 9.17) is 0 Å². The number of halogens is 2. The molecular weight excluding hydrogens is 406 g/mol. The number of sulfone groups is 1. The van der Waals surface area contributed by atoms with E-state index in [9.17, 15) is 13.2 Å². The maximum atomic E-state index is 12.0. The van der Waals surface area contributed by atoms with Gasteiger partial charge in [-0.15, -0.1) is 11.3 Å². The minimum Gasteiger partial charge on any atom is -0.298 e. The summed E-state index contributed by atoms with van der Waals surface area (Å²) in [6, 6.07) is 1.77. The molecule has 1 aromatic heterocycles. The number of nitrogens with zero attached hydrogens (tertiary/aromatic N) is 1. The molecule has 0 saturated carbocycles. The van der Waals surface area contributed by atoms with Gasteiger partial charge in [-0.1, -0.05) is 0 Å². The molecule has 4 nitrogen and oxygen atoms in total. The second-order valence-electron chi connectivity index (χ2n) is 4.03. The molecule has 0 aliphatic rings. The van der Waals surface area contributed by atoms with Crippen LogP contribution in [0.25, 0.3) is 0 Å². The fraction of sp³-hybridized carbons (Fsp3) is 0.500. The zero-order valence-electron chi connectivity index (χ0n) is 9.94. The second-order valence-corrected chi connectivity index (χ2v) is 10.0. The van der Waals surface area contributed by atoms with Crippen LogP contribution in [0.4, 0.5) is 0 Å². The molecule has 0 N–H and O–H groups in total. The molecule has 0 amide bonds. The quantitative estimate of drug-likeness (QED) is 0.665. The maximum Gasteiger partial charge on any atom is 0.178 e. The summed E-state index contributed by atoms with van der Waals surface area (Å²) in [5.74, 6) is 0.0329. The predicted molar refractivity (Wildman–Crippen MR) is 81.3 cm³/mol. The average Bonchev–Trinajstić information content (AvgIpc) is 2.54. The van der Waals surface area contributed by atoms with Crippen LogP contribution >= 0.6 is 43.2 Å². The third-order valence-corrected chi connectivity index (χ3v) is 5.48. The van der Waals surface area contributed by atoms with Crippen LogP contribution < -0.4 is 0 Å². The summed E-state index contributed by atoms with van der Waals surface area (Å²) < 4.78 is 23.7. The number of hydrogen-bond donors (Lipinski definition) is 0. The van der Waals surface area contributed by atoms with Gasteiger partial charge >= 0.3 is 0 Å². The van der Waals surface area contributed by atoms with Gasteiger partial charge in [0.2, 0.25) is 0 Å². The molecule has 1 rings (SSSR count). The summed E-state index contributed by atoms with van der Waals surface area (Å²) in [7, 11) is -1.26. The summed E-state index contributed by atoms with van der Waals surface area (Å²) in [6.45, 7) is 0.560. The van der Waals surface area contributed by atoms with Crippen molar-refractivity contribution >= 4 is 58.8 Å². The average molecular weight is 419 g/mol. The highest BCUT2D eigenvalue weighted by molar-refractivity contribution is 9.12. The first-order valence-corrected chi connectivity index (χ1v) is 9.49. The van der Waals surface area contributed by atoms with Gasteiger partial charge in [0, 0.05) is 18.4 Å². The normalized spacial score (nSPS) is 12.1. The first kappa shape index (κ1) is 16.3. The number of likely N-dealkylation sites (N-methyl/N-ethyl adjacent to an activating group) is 1. The molecule has 0 saturated heterocycles. The Labute approximate surface area is 128 Å². The molecule has 0 fully saturated rings. The lowest BCUT2D eigenvalue weighted by atomic mass is 10.2. The molecule has 0 radical (unpaired) electrons. The molecule has 0 aliphatic heterocycles. The summed E-state index contributed by atoms with van der Waals surface area (Å²) in [6.07, 6.45) is 1.19. The van der Waals surface area contributed by atoms with Crippen LogP contribution in [0.15, 0.2) is 13.6 Å². The fourth-order valence-corrected chi connectivity index (χ4v) is 4.76. The highest BCUT2D eigenvalue weighted by Gasteiger charge is 2.16. The van der Waals surface area contributed by atoms with Crippen molar-refractivity contribution in [2.45, 2.75) is 0 Å². The van der Waals surface area contributed by atoms with Gasteiger partial charge in [0.1, 0.15) is 9.84 Å². The van der Waals surface area contributed by atoms with Crippen molar-refractivity contribution in [2.24, 2.45) is 0 Å². The number of rotatable bonds is 6. The Morgan fingerprint density at radius 2 is 2.06 bits per heavy atom. The SMILES string of the molecule is CN(CCS(C)(=O)=O)CC(=O)c1cc(Br)sc1Br. The lowest BCUT2D eigenvalue weighted by molar-refractivity contribution is 0.0949. The number of carbonyl (C=O) groups is 1. The van der Waals surface area contributed by atoms with Gasteiger partial charge in [0.05, 0.1) is 19.9 Å². The Morgan fingerprint density at radius 3 is 2.50 bits per heavy atom. The number of ketones is 1. The Morgan fingerprint density at radius 1 is 1.44 bits per heavy atom. The van der Waals surface area contributed by atoms with Crippen LogP contribution in [0.3, 0.4) is 0 Å². The van der Waals surface area contributed by atoms with Crippen molar-refractivity contribution in [1.29, 1.82) is 0 Å². The first-order chi connectivity index (χ1) is 8.19. The van der Waals surface area contributed by atoms with E-state index in [0.29, 0.717) is 12.1 Å². The molecule has 0 aromatic carbocycles. The molecule has 1 aromatic rings. The van der Waals surface area contributed by atoms with E-state index in [-0.39, 0.29) is 18.1 Å². The highest BCUT2D eigenvalue weighted by Crippen LogP contribution is 2.32. The van der Waals surface area contributed by atoms with Crippen molar-refractivity contribution in [3.05, 3.63) is 19.2 Å². The highest BCUT2D eigenvalue weighted by atomic mass is 79.9. The van der Waals surface area contributed by atoms with Gasteiger partial charge in [0.25, 0.3) is 0 Å². The summed E-state index contributed by atoms with van der Waals surface area (Å²) in [5.41, 5.74) is 0.623. The number of hydrogen-bond acceptors (Lipinski definition) is 5. The lowest BCUT2D eigenvalue weighted by Crippen LogP contribution is -2.30. The van der Waals surface area contributed by atoms with Gasteiger partial charge in [-0.2, -0.15) is 0 Å². The Balaban J connectivity index is 2.57. The molecule has 0 unspecified atom stereocenters. The minimum atomic E-state index is -2.99. The minimum absolute atomic E-state index is 0.0279. The van der Waals surface area contributed by atoms with Crippen molar-refractivity contribution in [3.8, 4) is 0 Å². The topological polar surface area (TPSA) is 54.5 Å². The smallest absolute Gasteiger partial charge is 0.178 e. The van der Waals surface area contributed by atoms with Crippen molar-refractivity contribution in [2.75, 3.05) is 32.1 Å². The van der Waals surface area contributed by atoms with E-state index in [1.165, 1.54) is 17.6 Å². The van der Waals surface area contributed by atoms with E-state index in [2.05, 4.69) is 31.9 Å². The third kappa shape index (κ3) is 5.48. The molecule has 0 bridgehead atoms. The molecule has 8 heteroatoms. The monoisotopic (exact) mass is 417 g/mol. The number of thiophene rings is 1. The molecule has 102 valence electrons. The third-order valence-electron chi connectivity index (χ3n) is 2.21. The van der Waals surface area contributed by atoms with Crippen molar-refractivity contribution in [1.82, 2.24) is 4.90 Å². The Bertz CT molecular complexity index is 539. The van der Waals surface area contributed by atoms with Gasteiger partial charge in [-0.3, -0.25) is 9.69 Å². The molecule has 0 aliphatic carbocycles. The van der Waals surface area contributed by atoms with Gasteiger partial charge in [-0.05, 0) is 45.0 Å². The van der Waals surface area contributed by atoms with E-state index < -0.39 is 9.84 Å². The van der Waals surface area contributed by atoms with Crippen molar-refractivity contribution < 1.29 is 13.2 Å². The van der Waals surface area contributed by atoms with E-state index in [1.807, 2.05) is 0 Å². The van der Waals surface area contributed by atoms with Crippen LogP contribution in [-0.2, 0) is 9.84 Å². The van der Waals surface area contributed by atoms with Crippen LogP contribution in [-0.4, -0.2) is 51.2 Å². The van der Waals surface area contributed by atoms with Gasteiger partial charge < -0.3 is 0 Å². The lowest BCUT2D eigenvalue weighted by Gasteiger charge is -2.14. The maximum absolute atomic E-state index is 12.0. The molecule has 18 heavy (non-hydrogen) atoms. The van der Waals surface area contributed by atoms with Crippen LogP contribution in [0, 0.1) is 0 Å². The Hall–Kier alpha value is 0.240. The number of carbonyl (C=O) groups excluding carboxylic acids is 1. The van der Waals surface area contributed by atoms with Crippen LogP contribution in [0.5, 0.6) is 0 Å². The van der Waals surface area contributed by atoms with E-state index >= 15 is 0 Å². The summed E-state index contributed by atoms with van der Waals surface area (Å²) >= 11 is 8.09. The number of Topliss-reactive ketones (excluding diaryl/α,β-unsaturated/α-hetero) is 1. The van der Waals surface area contributed by atoms with Gasteiger partial charge in [0.15, 0.2) is 5.78 Å². The summed E-state index contributed by atoms with van der Waals surface area (Å²) in [5, 5.41) is 0. The second kappa shape index (κ2) is 6.60.